The average molecular weight is 413 g/mol. The molecular formula is C20H27N7O3. The highest BCUT2D eigenvalue weighted by Crippen LogP contribution is 2.24. The molecule has 0 spiro atoms. The second kappa shape index (κ2) is 8.55. The molecule has 0 saturated carbocycles. The number of hydrogen-bond acceptors (Lipinski definition) is 9. The highest BCUT2D eigenvalue weighted by molar-refractivity contribution is 5.93. The van der Waals surface area contributed by atoms with E-state index in [9.17, 15) is 4.79 Å². The molecule has 5 rings (SSSR count). The van der Waals surface area contributed by atoms with E-state index < -0.39 is 0 Å². The topological polar surface area (TPSA) is 110 Å². The molecule has 3 aliphatic rings. The van der Waals surface area contributed by atoms with Gasteiger partial charge in [0.15, 0.2) is 11.5 Å². The van der Waals surface area contributed by atoms with Gasteiger partial charge in [0.25, 0.3) is 5.91 Å². The van der Waals surface area contributed by atoms with Crippen molar-refractivity contribution in [2.45, 2.75) is 45.1 Å². The standard InChI is InChI=1S/C20H27N7O3/c28-18(17-14-5-1-2-6-15(14)30-25-17)21-13-16-22-19(26-7-3-4-8-26)24-20(23-16)27-9-11-29-12-10-27/h1-13H2,(H,21,28). The van der Waals surface area contributed by atoms with E-state index >= 15 is 0 Å². The van der Waals surface area contributed by atoms with Crippen LogP contribution >= 0.6 is 0 Å². The van der Waals surface area contributed by atoms with Crippen LogP contribution in [-0.4, -0.2) is 65.4 Å². The van der Waals surface area contributed by atoms with E-state index in [1.165, 1.54) is 0 Å². The predicted molar refractivity (Wildman–Crippen MR) is 109 cm³/mol. The predicted octanol–water partition coefficient (Wildman–Crippen LogP) is 1.11. The van der Waals surface area contributed by atoms with E-state index in [4.69, 9.17) is 14.2 Å². The number of nitrogens with one attached hydrogen (secondary N) is 1. The minimum Gasteiger partial charge on any atom is -0.378 e. The van der Waals surface area contributed by atoms with E-state index in [0.29, 0.717) is 36.6 Å². The highest BCUT2D eigenvalue weighted by atomic mass is 16.5. The van der Waals surface area contributed by atoms with Gasteiger partial charge in [0.2, 0.25) is 11.9 Å². The third kappa shape index (κ3) is 3.96. The smallest absolute Gasteiger partial charge is 0.274 e. The molecular weight excluding hydrogens is 386 g/mol. The molecule has 2 aliphatic heterocycles. The first-order valence-electron chi connectivity index (χ1n) is 10.9. The zero-order valence-corrected chi connectivity index (χ0v) is 17.1. The van der Waals surface area contributed by atoms with Crippen LogP contribution in [0.25, 0.3) is 0 Å². The molecule has 10 heteroatoms. The van der Waals surface area contributed by atoms with Gasteiger partial charge >= 0.3 is 0 Å². The third-order valence-corrected chi connectivity index (χ3v) is 5.91. The number of fused-ring (bicyclic) bond motifs is 1. The summed E-state index contributed by atoms with van der Waals surface area (Å²) in [6.07, 6.45) is 6.12. The van der Waals surface area contributed by atoms with E-state index in [1.54, 1.807) is 0 Å². The molecule has 160 valence electrons. The number of carbonyl (C=O) groups is 1. The van der Waals surface area contributed by atoms with Crippen LogP contribution in [-0.2, 0) is 24.1 Å². The van der Waals surface area contributed by atoms with Crippen molar-refractivity contribution in [3.05, 3.63) is 22.8 Å². The Morgan fingerprint density at radius 1 is 0.900 bits per heavy atom. The Morgan fingerprint density at radius 3 is 2.37 bits per heavy atom. The molecule has 2 aromatic heterocycles. The molecule has 1 N–H and O–H groups in total. The molecule has 10 nitrogen and oxygen atoms in total. The first kappa shape index (κ1) is 19.2. The van der Waals surface area contributed by atoms with Gasteiger partial charge in [-0.3, -0.25) is 4.79 Å². The van der Waals surface area contributed by atoms with Crippen LogP contribution < -0.4 is 15.1 Å². The summed E-state index contributed by atoms with van der Waals surface area (Å²) < 4.78 is 10.8. The zero-order chi connectivity index (χ0) is 20.3. The largest absolute Gasteiger partial charge is 0.378 e. The molecule has 30 heavy (non-hydrogen) atoms. The third-order valence-electron chi connectivity index (χ3n) is 5.91. The maximum absolute atomic E-state index is 12.7. The van der Waals surface area contributed by atoms with E-state index in [1.807, 2.05) is 0 Å². The molecule has 2 fully saturated rings. The van der Waals surface area contributed by atoms with Gasteiger partial charge in [-0.2, -0.15) is 15.0 Å². The van der Waals surface area contributed by atoms with Crippen molar-refractivity contribution in [1.82, 2.24) is 25.4 Å². The van der Waals surface area contributed by atoms with Gasteiger partial charge < -0.3 is 24.4 Å². The number of carbonyl (C=O) groups excluding carboxylic acids is 1. The van der Waals surface area contributed by atoms with Crippen molar-refractivity contribution in [3.63, 3.8) is 0 Å². The monoisotopic (exact) mass is 413 g/mol. The number of aryl methyl sites for hydroxylation is 1. The molecule has 0 aromatic carbocycles. The molecule has 2 aromatic rings. The number of amides is 1. The first-order valence-corrected chi connectivity index (χ1v) is 10.9. The summed E-state index contributed by atoms with van der Waals surface area (Å²) in [6, 6.07) is 0. The van der Waals surface area contributed by atoms with E-state index in [0.717, 1.165) is 76.0 Å². The molecule has 4 heterocycles. The lowest BCUT2D eigenvalue weighted by Crippen LogP contribution is -2.38. The van der Waals surface area contributed by atoms with Crippen LogP contribution in [0, 0.1) is 0 Å². The van der Waals surface area contributed by atoms with Crippen molar-refractivity contribution in [2.75, 3.05) is 49.2 Å². The van der Waals surface area contributed by atoms with Gasteiger partial charge in [-0.25, -0.2) is 0 Å². The van der Waals surface area contributed by atoms with Crippen LogP contribution in [0.15, 0.2) is 4.52 Å². The average Bonchev–Trinajstić information content (AvgIpc) is 3.48. The quantitative estimate of drug-likeness (QED) is 0.770. The number of rotatable bonds is 5. The van der Waals surface area contributed by atoms with Gasteiger partial charge in [-0.1, -0.05) is 5.16 Å². The molecule has 2 saturated heterocycles. The Morgan fingerprint density at radius 2 is 1.60 bits per heavy atom. The van der Waals surface area contributed by atoms with Gasteiger partial charge in [0.05, 0.1) is 19.8 Å². The van der Waals surface area contributed by atoms with Crippen LogP contribution in [0.2, 0.25) is 0 Å². The normalized spacial score (nSPS) is 19.1. The molecule has 1 aliphatic carbocycles. The Hall–Kier alpha value is -2.75. The Kier molecular flexibility index (Phi) is 5.48. The van der Waals surface area contributed by atoms with Crippen molar-refractivity contribution in [1.29, 1.82) is 0 Å². The van der Waals surface area contributed by atoms with E-state index in [-0.39, 0.29) is 12.5 Å². The van der Waals surface area contributed by atoms with Crippen LogP contribution in [0.4, 0.5) is 11.9 Å². The fraction of sp³-hybridized carbons (Fsp3) is 0.650. The van der Waals surface area contributed by atoms with Gasteiger partial charge in [-0.15, -0.1) is 0 Å². The minimum atomic E-state index is -0.238. The van der Waals surface area contributed by atoms with Gasteiger partial charge in [0.1, 0.15) is 5.76 Å². The summed E-state index contributed by atoms with van der Waals surface area (Å²) in [6.45, 7) is 4.94. The lowest BCUT2D eigenvalue weighted by atomic mass is 9.96. The van der Waals surface area contributed by atoms with Crippen molar-refractivity contribution < 1.29 is 14.1 Å². The van der Waals surface area contributed by atoms with Gasteiger partial charge in [0, 0.05) is 38.2 Å². The number of aromatic nitrogens is 4. The maximum Gasteiger partial charge on any atom is 0.274 e. The summed E-state index contributed by atoms with van der Waals surface area (Å²) in [7, 11) is 0. The number of anilines is 2. The van der Waals surface area contributed by atoms with Crippen LogP contribution in [0.5, 0.6) is 0 Å². The molecule has 0 unspecified atom stereocenters. The first-order chi connectivity index (χ1) is 14.8. The number of ether oxygens (including phenoxy) is 1. The fourth-order valence-corrected chi connectivity index (χ4v) is 4.24. The lowest BCUT2D eigenvalue weighted by Gasteiger charge is -2.28. The Labute approximate surface area is 175 Å². The van der Waals surface area contributed by atoms with Crippen molar-refractivity contribution >= 4 is 17.8 Å². The number of hydrogen-bond donors (Lipinski definition) is 1. The fourth-order valence-electron chi connectivity index (χ4n) is 4.24. The van der Waals surface area contributed by atoms with Crippen molar-refractivity contribution in [3.8, 4) is 0 Å². The molecule has 0 radical (unpaired) electrons. The summed E-state index contributed by atoms with van der Waals surface area (Å²) in [4.78, 5) is 31.0. The van der Waals surface area contributed by atoms with E-state index in [2.05, 4.69) is 30.2 Å². The second-order valence-electron chi connectivity index (χ2n) is 7.97. The highest BCUT2D eigenvalue weighted by Gasteiger charge is 2.25. The van der Waals surface area contributed by atoms with Crippen LogP contribution in [0.1, 0.15) is 53.3 Å². The minimum absolute atomic E-state index is 0.223. The SMILES string of the molecule is O=C(NCc1nc(N2CCCC2)nc(N2CCOCC2)n1)c1noc2c1CCCC2. The number of morpholine rings is 1. The summed E-state index contributed by atoms with van der Waals surface area (Å²) in [5.74, 6) is 2.50. The molecule has 1 amide bonds. The molecule has 0 bridgehead atoms. The van der Waals surface area contributed by atoms with Gasteiger partial charge in [-0.05, 0) is 32.1 Å². The second-order valence-corrected chi connectivity index (χ2v) is 7.97. The molecule has 0 atom stereocenters. The summed E-state index contributed by atoms with van der Waals surface area (Å²) >= 11 is 0. The lowest BCUT2D eigenvalue weighted by molar-refractivity contribution is 0.0940. The number of nitrogens with zero attached hydrogens (tertiary/aromatic N) is 6. The Balaban J connectivity index is 1.34. The van der Waals surface area contributed by atoms with Crippen molar-refractivity contribution in [2.24, 2.45) is 0 Å². The maximum atomic E-state index is 12.7. The summed E-state index contributed by atoms with van der Waals surface area (Å²) in [5, 5.41) is 6.93. The summed E-state index contributed by atoms with van der Waals surface area (Å²) in [5.41, 5.74) is 1.34. The zero-order valence-electron chi connectivity index (χ0n) is 17.1. The Bertz CT molecular complexity index is 904. The van der Waals surface area contributed by atoms with Crippen LogP contribution in [0.3, 0.4) is 0 Å².